The highest BCUT2D eigenvalue weighted by Gasteiger charge is 2.52. The number of fused-ring (bicyclic) bond motifs is 1. The summed E-state index contributed by atoms with van der Waals surface area (Å²) in [6.45, 7) is 4.61. The average Bonchev–Trinajstić information content (AvgIpc) is 3.53. The maximum Gasteiger partial charge on any atom is 0.243 e. The van der Waals surface area contributed by atoms with E-state index in [2.05, 4.69) is 32.9 Å². The smallest absolute Gasteiger partial charge is 0.243 e. The minimum absolute atomic E-state index is 0.0146. The predicted octanol–water partition coefficient (Wildman–Crippen LogP) is 2.91. The summed E-state index contributed by atoms with van der Waals surface area (Å²) in [6, 6.07) is 16.5. The van der Waals surface area contributed by atoms with E-state index < -0.39 is 5.41 Å². The Morgan fingerprint density at radius 3 is 2.69 bits per heavy atom. The molecule has 4 heterocycles. The number of aromatic nitrogens is 2. The van der Waals surface area contributed by atoms with E-state index in [9.17, 15) is 10.1 Å². The van der Waals surface area contributed by atoms with Gasteiger partial charge in [0.1, 0.15) is 11.2 Å². The highest BCUT2D eigenvalue weighted by atomic mass is 16.5. The maximum absolute atomic E-state index is 12.6. The molecule has 2 aliphatic heterocycles. The van der Waals surface area contributed by atoms with Gasteiger partial charge in [0.15, 0.2) is 0 Å². The summed E-state index contributed by atoms with van der Waals surface area (Å²) >= 11 is 0. The highest BCUT2D eigenvalue weighted by Crippen LogP contribution is 2.46. The summed E-state index contributed by atoms with van der Waals surface area (Å²) in [5, 5.41) is 10.3. The number of benzene rings is 1. The summed E-state index contributed by atoms with van der Waals surface area (Å²) in [4.78, 5) is 26.1. The lowest BCUT2D eigenvalue weighted by Crippen LogP contribution is -2.50. The van der Waals surface area contributed by atoms with Gasteiger partial charge in [-0.2, -0.15) is 5.26 Å². The van der Waals surface area contributed by atoms with E-state index in [1.165, 1.54) is 0 Å². The first kappa shape index (κ1) is 22.9. The van der Waals surface area contributed by atoms with Crippen molar-refractivity contribution in [3.05, 3.63) is 59.9 Å². The maximum atomic E-state index is 12.6. The number of hydrazine groups is 1. The van der Waals surface area contributed by atoms with Crippen LogP contribution >= 0.6 is 0 Å². The van der Waals surface area contributed by atoms with E-state index in [1.807, 2.05) is 47.5 Å². The molecule has 184 valence electrons. The zero-order valence-corrected chi connectivity index (χ0v) is 20.1. The molecule has 1 aromatic carbocycles. The Morgan fingerprint density at radius 2 is 2.00 bits per heavy atom. The van der Waals surface area contributed by atoms with Crippen LogP contribution in [0.5, 0.6) is 11.6 Å². The molecule has 1 saturated carbocycles. The van der Waals surface area contributed by atoms with Crippen molar-refractivity contribution in [2.24, 2.45) is 5.41 Å². The van der Waals surface area contributed by atoms with Crippen LogP contribution in [0.3, 0.4) is 0 Å². The third-order valence-electron chi connectivity index (χ3n) is 7.36. The van der Waals surface area contributed by atoms with Crippen molar-refractivity contribution in [2.75, 3.05) is 32.7 Å². The molecule has 9 nitrogen and oxygen atoms in total. The molecule has 0 radical (unpaired) electrons. The Bertz CT molecular complexity index is 1300. The van der Waals surface area contributed by atoms with Crippen LogP contribution in [0.4, 0.5) is 0 Å². The van der Waals surface area contributed by atoms with Gasteiger partial charge in [-0.05, 0) is 49.1 Å². The van der Waals surface area contributed by atoms with E-state index in [0.717, 1.165) is 60.5 Å². The van der Waals surface area contributed by atoms with Gasteiger partial charge in [-0.25, -0.2) is 4.98 Å². The Labute approximate surface area is 210 Å². The molecular weight excluding hydrogens is 454 g/mol. The quantitative estimate of drug-likeness (QED) is 0.551. The molecule has 3 aromatic rings. The zero-order valence-electron chi connectivity index (χ0n) is 20.1. The van der Waals surface area contributed by atoms with Crippen LogP contribution in [0.2, 0.25) is 0 Å². The second kappa shape index (κ2) is 9.47. The van der Waals surface area contributed by atoms with Crippen LogP contribution in [0, 0.1) is 16.7 Å². The number of hydrogen-bond donors (Lipinski definition) is 2. The first-order chi connectivity index (χ1) is 17.6. The second-order valence-electron chi connectivity index (χ2n) is 9.86. The molecule has 2 saturated heterocycles. The summed E-state index contributed by atoms with van der Waals surface area (Å²) in [7, 11) is 0. The number of pyridine rings is 2. The molecule has 6 rings (SSSR count). The topological polar surface area (TPSA) is 106 Å². The zero-order chi connectivity index (χ0) is 24.5. The van der Waals surface area contributed by atoms with E-state index >= 15 is 0 Å². The molecule has 1 amide bonds. The van der Waals surface area contributed by atoms with Gasteiger partial charge in [0.25, 0.3) is 0 Å². The number of nitriles is 1. The summed E-state index contributed by atoms with van der Waals surface area (Å²) in [5.41, 5.74) is 8.72. The van der Waals surface area contributed by atoms with Gasteiger partial charge in [0, 0.05) is 63.0 Å². The van der Waals surface area contributed by atoms with Crippen LogP contribution in [-0.2, 0) is 11.3 Å². The van der Waals surface area contributed by atoms with Crippen LogP contribution in [0.15, 0.2) is 48.7 Å². The standard InChI is InChI=1S/C27H29N7O2/c28-18-27(8-9-27)26(35)34-13-11-33(12-14-34)17-21-3-1-19-15-22(4-5-23(19)31-21)36-25-6-2-20(16-29-25)24-7-10-30-32-24/h1-6,15-16,24,30,32H,7-14,17H2. The molecule has 2 aromatic heterocycles. The number of ether oxygens (including phenoxy) is 1. The number of carbonyl (C=O) groups is 1. The number of piperazine rings is 1. The van der Waals surface area contributed by atoms with Gasteiger partial charge in [-0.15, -0.1) is 0 Å². The molecule has 1 atom stereocenters. The average molecular weight is 484 g/mol. The third kappa shape index (κ3) is 4.63. The number of rotatable bonds is 6. The van der Waals surface area contributed by atoms with Crippen LogP contribution in [0.1, 0.15) is 36.6 Å². The normalized spacial score (nSPS) is 21.3. The summed E-state index contributed by atoms with van der Waals surface area (Å²) in [6.07, 6.45) is 4.31. The molecule has 9 heteroatoms. The lowest BCUT2D eigenvalue weighted by Gasteiger charge is -2.35. The Hall–Kier alpha value is -3.58. The molecule has 3 aliphatic rings. The van der Waals surface area contributed by atoms with Gasteiger partial charge in [-0.1, -0.05) is 12.1 Å². The van der Waals surface area contributed by atoms with Crippen LogP contribution in [0.25, 0.3) is 10.9 Å². The van der Waals surface area contributed by atoms with Crippen LogP contribution in [-0.4, -0.2) is 58.4 Å². The van der Waals surface area contributed by atoms with Crippen molar-refractivity contribution in [1.82, 2.24) is 30.6 Å². The van der Waals surface area contributed by atoms with Crippen molar-refractivity contribution in [2.45, 2.75) is 31.8 Å². The van der Waals surface area contributed by atoms with Gasteiger partial charge in [0.05, 0.1) is 17.3 Å². The minimum Gasteiger partial charge on any atom is -0.439 e. The molecule has 0 bridgehead atoms. The Balaban J connectivity index is 1.06. The lowest BCUT2D eigenvalue weighted by atomic mass is 10.1. The van der Waals surface area contributed by atoms with E-state index in [0.29, 0.717) is 31.8 Å². The van der Waals surface area contributed by atoms with Crippen molar-refractivity contribution in [3.8, 4) is 17.7 Å². The molecule has 1 unspecified atom stereocenters. The van der Waals surface area contributed by atoms with Gasteiger partial charge < -0.3 is 9.64 Å². The van der Waals surface area contributed by atoms with Crippen LogP contribution < -0.4 is 15.6 Å². The first-order valence-corrected chi connectivity index (χ1v) is 12.6. The van der Waals surface area contributed by atoms with Crippen molar-refractivity contribution in [1.29, 1.82) is 5.26 Å². The number of carbonyl (C=O) groups excluding carboxylic acids is 1. The van der Waals surface area contributed by atoms with Crippen molar-refractivity contribution >= 4 is 16.8 Å². The fourth-order valence-corrected chi connectivity index (χ4v) is 4.95. The predicted molar refractivity (Wildman–Crippen MR) is 134 cm³/mol. The molecule has 1 aliphatic carbocycles. The number of hydrogen-bond acceptors (Lipinski definition) is 8. The fourth-order valence-electron chi connectivity index (χ4n) is 4.95. The van der Waals surface area contributed by atoms with Gasteiger partial charge >= 0.3 is 0 Å². The minimum atomic E-state index is -0.727. The second-order valence-corrected chi connectivity index (χ2v) is 9.86. The van der Waals surface area contributed by atoms with Gasteiger partial charge in [0.2, 0.25) is 11.8 Å². The number of nitrogens with zero attached hydrogens (tertiary/aromatic N) is 5. The third-order valence-corrected chi connectivity index (χ3v) is 7.36. The molecular formula is C27H29N7O2. The largest absolute Gasteiger partial charge is 0.439 e. The lowest BCUT2D eigenvalue weighted by molar-refractivity contribution is -0.136. The molecule has 36 heavy (non-hydrogen) atoms. The first-order valence-electron chi connectivity index (χ1n) is 12.6. The van der Waals surface area contributed by atoms with Crippen molar-refractivity contribution in [3.63, 3.8) is 0 Å². The molecule has 0 spiro atoms. The van der Waals surface area contributed by atoms with E-state index in [4.69, 9.17) is 9.72 Å². The number of nitrogens with one attached hydrogen (secondary N) is 2. The summed E-state index contributed by atoms with van der Waals surface area (Å²) in [5.74, 6) is 1.30. The fraction of sp³-hybridized carbons (Fsp3) is 0.407. The van der Waals surface area contributed by atoms with Crippen molar-refractivity contribution < 1.29 is 9.53 Å². The molecule has 3 fully saturated rings. The Morgan fingerprint density at radius 1 is 1.14 bits per heavy atom. The number of amides is 1. The SMILES string of the molecule is N#CC1(C(=O)N2CCN(Cc3ccc4cc(Oc5ccc(C6CCNN6)cn5)ccc4n3)CC2)CC1. The Kier molecular flexibility index (Phi) is 6.01. The highest BCUT2D eigenvalue weighted by molar-refractivity contribution is 5.88. The monoisotopic (exact) mass is 483 g/mol. The summed E-state index contributed by atoms with van der Waals surface area (Å²) < 4.78 is 5.99. The van der Waals surface area contributed by atoms with E-state index in [-0.39, 0.29) is 11.9 Å². The molecule has 2 N–H and O–H groups in total. The van der Waals surface area contributed by atoms with Gasteiger partial charge in [-0.3, -0.25) is 25.5 Å². The van der Waals surface area contributed by atoms with E-state index in [1.54, 1.807) is 0 Å².